The number of nitrogen functional groups attached to an aromatic ring is 1. The van der Waals surface area contributed by atoms with Gasteiger partial charge >= 0.3 is 0 Å². The van der Waals surface area contributed by atoms with E-state index in [4.69, 9.17) is 10.5 Å². The average molecular weight is 193 g/mol. The minimum Gasteiger partial charge on any atom is -0.489 e. The summed E-state index contributed by atoms with van der Waals surface area (Å²) in [6, 6.07) is 5.09. The summed E-state index contributed by atoms with van der Waals surface area (Å²) in [6.45, 7) is 5.37. The van der Waals surface area contributed by atoms with E-state index in [0.29, 0.717) is 17.0 Å². The van der Waals surface area contributed by atoms with Crippen molar-refractivity contribution >= 4 is 11.5 Å². The van der Waals surface area contributed by atoms with Crippen molar-refractivity contribution in [2.75, 3.05) is 5.73 Å². The van der Waals surface area contributed by atoms with Gasteiger partial charge in [0.25, 0.3) is 0 Å². The molecule has 0 aliphatic carbocycles. The van der Waals surface area contributed by atoms with E-state index in [-0.39, 0.29) is 11.9 Å². The molecular formula is C11H15NO2. The molecule has 3 nitrogen and oxygen atoms in total. The van der Waals surface area contributed by atoms with E-state index in [2.05, 4.69) is 0 Å². The van der Waals surface area contributed by atoms with Gasteiger partial charge in [-0.15, -0.1) is 0 Å². The molecule has 2 N–H and O–H groups in total. The van der Waals surface area contributed by atoms with Crippen molar-refractivity contribution in [2.24, 2.45) is 0 Å². The summed E-state index contributed by atoms with van der Waals surface area (Å²) in [5, 5.41) is 0. The Labute approximate surface area is 83.9 Å². The van der Waals surface area contributed by atoms with Gasteiger partial charge in [0.2, 0.25) is 0 Å². The van der Waals surface area contributed by atoms with Gasteiger partial charge in [0.15, 0.2) is 5.78 Å². The molecule has 0 aliphatic heterocycles. The summed E-state index contributed by atoms with van der Waals surface area (Å²) in [4.78, 5) is 11.0. The van der Waals surface area contributed by atoms with Gasteiger partial charge in [0.1, 0.15) is 5.75 Å². The molecule has 0 saturated heterocycles. The van der Waals surface area contributed by atoms with Gasteiger partial charge in [-0.05, 0) is 39.0 Å². The molecule has 0 amide bonds. The van der Waals surface area contributed by atoms with E-state index in [1.165, 1.54) is 6.92 Å². The number of hydrogen-bond acceptors (Lipinski definition) is 3. The first kappa shape index (κ1) is 10.6. The zero-order valence-electron chi connectivity index (χ0n) is 8.70. The second-order valence-corrected chi connectivity index (χ2v) is 3.48. The molecule has 1 rings (SSSR count). The van der Waals surface area contributed by atoms with Crippen molar-refractivity contribution in [3.63, 3.8) is 0 Å². The van der Waals surface area contributed by atoms with Gasteiger partial charge in [0, 0.05) is 5.56 Å². The van der Waals surface area contributed by atoms with Crippen LogP contribution in [0.4, 0.5) is 5.69 Å². The Morgan fingerprint density at radius 2 is 2.07 bits per heavy atom. The zero-order chi connectivity index (χ0) is 10.7. The highest BCUT2D eigenvalue weighted by atomic mass is 16.5. The molecule has 0 unspecified atom stereocenters. The quantitative estimate of drug-likeness (QED) is 0.591. The largest absolute Gasteiger partial charge is 0.489 e. The highest BCUT2D eigenvalue weighted by Crippen LogP contribution is 2.23. The van der Waals surface area contributed by atoms with Crippen molar-refractivity contribution in [1.82, 2.24) is 0 Å². The lowest BCUT2D eigenvalue weighted by Gasteiger charge is -2.12. The molecule has 0 bridgehead atoms. The van der Waals surface area contributed by atoms with Crippen molar-refractivity contribution < 1.29 is 9.53 Å². The number of ether oxygens (including phenoxy) is 1. The zero-order valence-corrected chi connectivity index (χ0v) is 8.70. The molecular weight excluding hydrogens is 178 g/mol. The van der Waals surface area contributed by atoms with Crippen LogP contribution in [0.5, 0.6) is 5.75 Å². The molecule has 0 saturated carbocycles. The third-order valence-corrected chi connectivity index (χ3v) is 1.78. The van der Waals surface area contributed by atoms with Crippen LogP contribution in [-0.2, 0) is 0 Å². The SMILES string of the molecule is CC(=O)c1ccc(OC(C)C)c(N)c1. The molecule has 1 aromatic rings. The first-order valence-electron chi connectivity index (χ1n) is 4.58. The third-order valence-electron chi connectivity index (χ3n) is 1.78. The first-order chi connectivity index (χ1) is 6.50. The molecule has 0 radical (unpaired) electrons. The molecule has 1 aromatic carbocycles. The monoisotopic (exact) mass is 193 g/mol. The first-order valence-corrected chi connectivity index (χ1v) is 4.58. The number of carbonyl (C=O) groups is 1. The van der Waals surface area contributed by atoms with Crippen molar-refractivity contribution in [3.05, 3.63) is 23.8 Å². The second-order valence-electron chi connectivity index (χ2n) is 3.48. The van der Waals surface area contributed by atoms with Crippen molar-refractivity contribution in [2.45, 2.75) is 26.9 Å². The van der Waals surface area contributed by atoms with Crippen LogP contribution >= 0.6 is 0 Å². The van der Waals surface area contributed by atoms with Gasteiger partial charge < -0.3 is 10.5 Å². The van der Waals surface area contributed by atoms with Gasteiger partial charge in [-0.25, -0.2) is 0 Å². The van der Waals surface area contributed by atoms with E-state index in [1.807, 2.05) is 13.8 Å². The van der Waals surface area contributed by atoms with Crippen LogP contribution in [0.1, 0.15) is 31.1 Å². The van der Waals surface area contributed by atoms with Crippen LogP contribution in [-0.4, -0.2) is 11.9 Å². The van der Waals surface area contributed by atoms with Gasteiger partial charge in [-0.2, -0.15) is 0 Å². The minimum absolute atomic E-state index is 0.00722. The predicted molar refractivity (Wildman–Crippen MR) is 56.6 cm³/mol. The summed E-state index contributed by atoms with van der Waals surface area (Å²) in [5.41, 5.74) is 6.85. The normalized spacial score (nSPS) is 10.3. The van der Waals surface area contributed by atoms with Crippen LogP contribution in [0.25, 0.3) is 0 Å². The van der Waals surface area contributed by atoms with Crippen LogP contribution in [0.2, 0.25) is 0 Å². The predicted octanol–water partition coefficient (Wildman–Crippen LogP) is 2.26. The van der Waals surface area contributed by atoms with Crippen LogP contribution in [0.3, 0.4) is 0 Å². The maximum Gasteiger partial charge on any atom is 0.159 e. The Bertz CT molecular complexity index is 345. The maximum atomic E-state index is 11.0. The minimum atomic E-state index is 0.00722. The van der Waals surface area contributed by atoms with E-state index < -0.39 is 0 Å². The average Bonchev–Trinajstić information content (AvgIpc) is 2.07. The van der Waals surface area contributed by atoms with E-state index >= 15 is 0 Å². The number of rotatable bonds is 3. The summed E-state index contributed by atoms with van der Waals surface area (Å²) in [5.74, 6) is 0.637. The molecule has 0 spiro atoms. The number of nitrogens with two attached hydrogens (primary N) is 1. The lowest BCUT2D eigenvalue weighted by atomic mass is 10.1. The van der Waals surface area contributed by atoms with Gasteiger partial charge in [-0.1, -0.05) is 0 Å². The number of anilines is 1. The van der Waals surface area contributed by atoms with Crippen molar-refractivity contribution in [3.8, 4) is 5.75 Å². The fourth-order valence-electron chi connectivity index (χ4n) is 1.13. The van der Waals surface area contributed by atoms with Crippen molar-refractivity contribution in [1.29, 1.82) is 0 Å². The molecule has 14 heavy (non-hydrogen) atoms. The molecule has 76 valence electrons. The molecule has 0 atom stereocenters. The Balaban J connectivity index is 2.95. The number of ketones is 1. The Kier molecular flexibility index (Phi) is 3.12. The van der Waals surface area contributed by atoms with Crippen LogP contribution in [0, 0.1) is 0 Å². The topological polar surface area (TPSA) is 52.3 Å². The molecule has 0 fully saturated rings. The van der Waals surface area contributed by atoms with E-state index in [1.54, 1.807) is 18.2 Å². The number of benzene rings is 1. The highest BCUT2D eigenvalue weighted by Gasteiger charge is 2.05. The van der Waals surface area contributed by atoms with Crippen LogP contribution in [0.15, 0.2) is 18.2 Å². The highest BCUT2D eigenvalue weighted by molar-refractivity contribution is 5.95. The molecule has 3 heteroatoms. The smallest absolute Gasteiger partial charge is 0.159 e. The number of carbonyl (C=O) groups excluding carboxylic acids is 1. The number of hydrogen-bond donors (Lipinski definition) is 1. The molecule has 0 aliphatic rings. The number of Topliss-reactive ketones (excluding diaryl/α,β-unsaturated/α-hetero) is 1. The summed E-state index contributed by atoms with van der Waals surface area (Å²) in [6.07, 6.45) is 0.0838. The fourth-order valence-corrected chi connectivity index (χ4v) is 1.13. The molecule has 0 aromatic heterocycles. The fraction of sp³-hybridized carbons (Fsp3) is 0.364. The van der Waals surface area contributed by atoms with Gasteiger partial charge in [-0.3, -0.25) is 4.79 Å². The van der Waals surface area contributed by atoms with Gasteiger partial charge in [0.05, 0.1) is 11.8 Å². The van der Waals surface area contributed by atoms with Crippen LogP contribution < -0.4 is 10.5 Å². The summed E-state index contributed by atoms with van der Waals surface area (Å²) >= 11 is 0. The Morgan fingerprint density at radius 1 is 1.43 bits per heavy atom. The summed E-state index contributed by atoms with van der Waals surface area (Å²) in [7, 11) is 0. The summed E-state index contributed by atoms with van der Waals surface area (Å²) < 4.78 is 5.44. The Hall–Kier alpha value is -1.51. The Morgan fingerprint density at radius 3 is 2.50 bits per heavy atom. The lowest BCUT2D eigenvalue weighted by molar-refractivity contribution is 0.101. The molecule has 0 heterocycles. The van der Waals surface area contributed by atoms with E-state index in [0.717, 1.165) is 0 Å². The lowest BCUT2D eigenvalue weighted by Crippen LogP contribution is -2.08. The second kappa shape index (κ2) is 4.13. The maximum absolute atomic E-state index is 11.0. The standard InChI is InChI=1S/C11H15NO2/c1-7(2)14-11-5-4-9(8(3)13)6-10(11)12/h4-7H,12H2,1-3H3. The van der Waals surface area contributed by atoms with E-state index in [9.17, 15) is 4.79 Å². The third kappa shape index (κ3) is 2.49.